The van der Waals surface area contributed by atoms with Crippen LogP contribution < -0.4 is 11.1 Å². The highest BCUT2D eigenvalue weighted by molar-refractivity contribution is 5.48. The SMILES string of the molecule is Nc1ccnc(NCc2ccno2)c1. The molecule has 2 aromatic rings. The van der Waals surface area contributed by atoms with Crippen molar-refractivity contribution in [3.05, 3.63) is 36.4 Å². The number of nitrogens with one attached hydrogen (secondary N) is 1. The van der Waals surface area contributed by atoms with Crippen LogP contribution >= 0.6 is 0 Å². The van der Waals surface area contributed by atoms with E-state index in [-0.39, 0.29) is 0 Å². The summed E-state index contributed by atoms with van der Waals surface area (Å²) in [6, 6.07) is 5.29. The van der Waals surface area contributed by atoms with Crippen LogP contribution in [0.1, 0.15) is 5.76 Å². The van der Waals surface area contributed by atoms with Crippen LogP contribution in [0.5, 0.6) is 0 Å². The minimum atomic E-state index is 0.552. The van der Waals surface area contributed by atoms with Crippen LogP contribution in [0.4, 0.5) is 11.5 Å². The average Bonchev–Trinajstić information content (AvgIpc) is 2.67. The quantitative estimate of drug-likeness (QED) is 0.762. The Kier molecular flexibility index (Phi) is 2.31. The van der Waals surface area contributed by atoms with Crippen molar-refractivity contribution in [3.63, 3.8) is 0 Å². The first-order valence-corrected chi connectivity index (χ1v) is 4.19. The minimum absolute atomic E-state index is 0.552. The number of hydrogen-bond donors (Lipinski definition) is 2. The predicted molar refractivity (Wildman–Crippen MR) is 52.5 cm³/mol. The van der Waals surface area contributed by atoms with Crippen LogP contribution in [0.3, 0.4) is 0 Å². The van der Waals surface area contributed by atoms with E-state index >= 15 is 0 Å². The van der Waals surface area contributed by atoms with Crippen LogP contribution in [0.2, 0.25) is 0 Å². The number of nitrogens with zero attached hydrogens (tertiary/aromatic N) is 2. The van der Waals surface area contributed by atoms with Gasteiger partial charge in [-0.2, -0.15) is 0 Å². The maximum absolute atomic E-state index is 5.59. The van der Waals surface area contributed by atoms with Crippen molar-refractivity contribution in [2.45, 2.75) is 6.54 Å². The zero-order valence-corrected chi connectivity index (χ0v) is 7.47. The molecule has 0 saturated carbocycles. The lowest BCUT2D eigenvalue weighted by Crippen LogP contribution is -2.00. The molecule has 0 amide bonds. The van der Waals surface area contributed by atoms with E-state index in [4.69, 9.17) is 10.3 Å². The fourth-order valence-corrected chi connectivity index (χ4v) is 1.05. The van der Waals surface area contributed by atoms with Gasteiger partial charge in [0.2, 0.25) is 0 Å². The van der Waals surface area contributed by atoms with Crippen LogP contribution in [0, 0.1) is 0 Å². The van der Waals surface area contributed by atoms with Gasteiger partial charge < -0.3 is 15.6 Å². The van der Waals surface area contributed by atoms with Crippen molar-refractivity contribution in [1.82, 2.24) is 10.1 Å². The molecule has 0 bridgehead atoms. The zero-order valence-electron chi connectivity index (χ0n) is 7.47. The van der Waals surface area contributed by atoms with Crippen LogP contribution in [0.25, 0.3) is 0 Å². The Labute approximate surface area is 80.9 Å². The lowest BCUT2D eigenvalue weighted by atomic mass is 10.4. The number of nitrogens with two attached hydrogens (primary N) is 1. The molecule has 2 heterocycles. The molecule has 3 N–H and O–H groups in total. The molecular formula is C9H10N4O. The molecule has 14 heavy (non-hydrogen) atoms. The van der Waals surface area contributed by atoms with Gasteiger partial charge >= 0.3 is 0 Å². The summed E-state index contributed by atoms with van der Waals surface area (Å²) in [6.07, 6.45) is 3.25. The molecule has 2 rings (SSSR count). The third kappa shape index (κ3) is 2.01. The second-order valence-corrected chi connectivity index (χ2v) is 2.81. The summed E-state index contributed by atoms with van der Waals surface area (Å²) in [5, 5.41) is 6.65. The van der Waals surface area contributed by atoms with Crippen LogP contribution in [0.15, 0.2) is 35.1 Å². The Hall–Kier alpha value is -2.04. The smallest absolute Gasteiger partial charge is 0.155 e. The standard InChI is InChI=1S/C9H10N4O/c10-7-1-3-11-9(5-7)12-6-8-2-4-13-14-8/h1-5H,6H2,(H3,10,11,12). The van der Waals surface area contributed by atoms with Gasteiger partial charge in [-0.15, -0.1) is 0 Å². The molecule has 0 aliphatic carbocycles. The number of rotatable bonds is 3. The Balaban J connectivity index is 1.98. The summed E-state index contributed by atoms with van der Waals surface area (Å²) in [5.74, 6) is 1.48. The van der Waals surface area contributed by atoms with E-state index in [9.17, 15) is 0 Å². The highest BCUT2D eigenvalue weighted by atomic mass is 16.5. The molecule has 0 atom stereocenters. The van der Waals surface area contributed by atoms with Crippen LogP contribution in [-0.4, -0.2) is 10.1 Å². The lowest BCUT2D eigenvalue weighted by molar-refractivity contribution is 0.388. The predicted octanol–water partition coefficient (Wildman–Crippen LogP) is 1.26. The maximum Gasteiger partial charge on any atom is 0.155 e. The van der Waals surface area contributed by atoms with Gasteiger partial charge in [0.1, 0.15) is 5.82 Å². The first kappa shape index (κ1) is 8.55. The summed E-state index contributed by atoms with van der Waals surface area (Å²) in [6.45, 7) is 0.552. The molecule has 0 saturated heterocycles. The van der Waals surface area contributed by atoms with Crippen molar-refractivity contribution in [2.75, 3.05) is 11.1 Å². The summed E-state index contributed by atoms with van der Waals surface area (Å²) >= 11 is 0. The van der Waals surface area contributed by atoms with Crippen molar-refractivity contribution < 1.29 is 4.52 Å². The van der Waals surface area contributed by atoms with E-state index < -0.39 is 0 Å². The third-order valence-corrected chi connectivity index (χ3v) is 1.72. The monoisotopic (exact) mass is 190 g/mol. The number of anilines is 2. The second kappa shape index (κ2) is 3.78. The highest BCUT2D eigenvalue weighted by Crippen LogP contribution is 2.09. The molecule has 0 unspecified atom stereocenters. The van der Waals surface area contributed by atoms with E-state index in [0.29, 0.717) is 12.2 Å². The van der Waals surface area contributed by atoms with Gasteiger partial charge in [0.15, 0.2) is 5.76 Å². The maximum atomic E-state index is 5.59. The van der Waals surface area contributed by atoms with Crippen LogP contribution in [-0.2, 0) is 6.54 Å². The van der Waals surface area contributed by atoms with Gasteiger partial charge in [0.25, 0.3) is 0 Å². The normalized spacial score (nSPS) is 10.0. The Bertz CT molecular complexity index is 399. The molecule has 72 valence electrons. The van der Waals surface area contributed by atoms with Crippen molar-refractivity contribution in [3.8, 4) is 0 Å². The van der Waals surface area contributed by atoms with Gasteiger partial charge in [0, 0.05) is 24.0 Å². The van der Waals surface area contributed by atoms with E-state index in [1.807, 2.05) is 0 Å². The first-order valence-electron chi connectivity index (χ1n) is 4.19. The van der Waals surface area contributed by atoms with Crippen molar-refractivity contribution in [1.29, 1.82) is 0 Å². The third-order valence-electron chi connectivity index (χ3n) is 1.72. The van der Waals surface area contributed by atoms with Crippen molar-refractivity contribution >= 4 is 11.5 Å². The molecule has 0 aliphatic rings. The largest absolute Gasteiger partial charge is 0.399 e. The Morgan fingerprint density at radius 3 is 3.00 bits per heavy atom. The average molecular weight is 190 g/mol. The summed E-state index contributed by atoms with van der Waals surface area (Å²) in [5.41, 5.74) is 6.27. The fourth-order valence-electron chi connectivity index (χ4n) is 1.05. The topological polar surface area (TPSA) is 77.0 Å². The molecule has 0 fully saturated rings. The van der Waals surface area contributed by atoms with Gasteiger partial charge in [0.05, 0.1) is 12.7 Å². The van der Waals surface area contributed by atoms with E-state index in [0.717, 1.165) is 11.6 Å². The van der Waals surface area contributed by atoms with E-state index in [1.165, 1.54) is 0 Å². The molecule has 2 aromatic heterocycles. The number of nitrogen functional groups attached to an aromatic ring is 1. The second-order valence-electron chi connectivity index (χ2n) is 2.81. The zero-order chi connectivity index (χ0) is 9.80. The number of hydrogen-bond acceptors (Lipinski definition) is 5. The molecular weight excluding hydrogens is 180 g/mol. The molecule has 0 aliphatic heterocycles. The molecule has 0 spiro atoms. The molecule has 5 heteroatoms. The number of pyridine rings is 1. The van der Waals surface area contributed by atoms with E-state index in [2.05, 4.69) is 15.5 Å². The summed E-state index contributed by atoms with van der Waals surface area (Å²) < 4.78 is 4.91. The van der Waals surface area contributed by atoms with Crippen molar-refractivity contribution in [2.24, 2.45) is 0 Å². The van der Waals surface area contributed by atoms with E-state index in [1.54, 1.807) is 30.6 Å². The molecule has 5 nitrogen and oxygen atoms in total. The summed E-state index contributed by atoms with van der Waals surface area (Å²) in [7, 11) is 0. The highest BCUT2D eigenvalue weighted by Gasteiger charge is 1.97. The summed E-state index contributed by atoms with van der Waals surface area (Å²) in [4.78, 5) is 4.09. The first-order chi connectivity index (χ1) is 6.84. The Morgan fingerprint density at radius 1 is 1.36 bits per heavy atom. The number of aromatic nitrogens is 2. The lowest BCUT2D eigenvalue weighted by Gasteiger charge is -2.02. The minimum Gasteiger partial charge on any atom is -0.399 e. The van der Waals surface area contributed by atoms with Gasteiger partial charge in [-0.05, 0) is 6.07 Å². The van der Waals surface area contributed by atoms with Gasteiger partial charge in [-0.3, -0.25) is 0 Å². The molecule has 0 radical (unpaired) electrons. The fraction of sp³-hybridized carbons (Fsp3) is 0.111. The van der Waals surface area contributed by atoms with Gasteiger partial charge in [-0.25, -0.2) is 4.98 Å². The van der Waals surface area contributed by atoms with Gasteiger partial charge in [-0.1, -0.05) is 5.16 Å². The molecule has 0 aromatic carbocycles. The Morgan fingerprint density at radius 2 is 2.29 bits per heavy atom.